The molecule has 0 aliphatic rings. The van der Waals surface area contributed by atoms with Gasteiger partial charge in [0.15, 0.2) is 16.6 Å². The van der Waals surface area contributed by atoms with E-state index in [0.29, 0.717) is 0 Å². The maximum absolute atomic E-state index is 11.4. The summed E-state index contributed by atoms with van der Waals surface area (Å²) in [6, 6.07) is 0. The molecular weight excluding hydrogens is 412 g/mol. The molecule has 0 bridgehead atoms. The second-order valence-corrected chi connectivity index (χ2v) is 21.2. The highest BCUT2D eigenvalue weighted by Gasteiger charge is 2.40. The zero-order valence-corrected chi connectivity index (χ0v) is 24.6. The van der Waals surface area contributed by atoms with E-state index in [-0.39, 0.29) is 46.7 Å². The smallest absolute Gasteiger partial charge is 0.310 e. The van der Waals surface area contributed by atoms with Crippen LogP contribution < -0.4 is 0 Å². The predicted molar refractivity (Wildman–Crippen MR) is 133 cm³/mol. The molecule has 0 aliphatic heterocycles. The van der Waals surface area contributed by atoms with Crippen molar-refractivity contribution in [1.29, 1.82) is 0 Å². The molecular formula is C23H52O5Si2. The number of hydrogen-bond donors (Lipinski definition) is 1. The first-order valence-corrected chi connectivity index (χ1v) is 17.0. The maximum Gasteiger partial charge on any atom is 0.310 e. The fourth-order valence-electron chi connectivity index (χ4n) is 2.03. The number of ether oxygens (including phenoxy) is 1. The molecule has 182 valence electrons. The van der Waals surface area contributed by atoms with Crippen molar-refractivity contribution in [2.45, 2.75) is 118 Å². The van der Waals surface area contributed by atoms with Gasteiger partial charge >= 0.3 is 5.97 Å². The summed E-state index contributed by atoms with van der Waals surface area (Å²) in [5.41, 5.74) is 0. The zero-order valence-electron chi connectivity index (χ0n) is 22.6. The van der Waals surface area contributed by atoms with Gasteiger partial charge in [0.25, 0.3) is 0 Å². The van der Waals surface area contributed by atoms with Crippen LogP contribution in [0.25, 0.3) is 0 Å². The maximum atomic E-state index is 11.4. The number of aliphatic hydroxyl groups is 1. The average molecular weight is 465 g/mol. The molecule has 0 rings (SSSR count). The van der Waals surface area contributed by atoms with Crippen molar-refractivity contribution in [1.82, 2.24) is 0 Å². The summed E-state index contributed by atoms with van der Waals surface area (Å²) in [7, 11) is -2.04. The summed E-state index contributed by atoms with van der Waals surface area (Å²) in [6.07, 6.45) is 0.0641. The first-order valence-electron chi connectivity index (χ1n) is 11.2. The SMILES string of the molecule is COC(=O)[C@@H](C)[C@H](C)O[Si](C)(C)C(C)(C)C.C[C@H](CO)[C@H](C)O[Si](C)(C)C(C)(C)C. The number of esters is 1. The lowest BCUT2D eigenvalue weighted by Gasteiger charge is -2.39. The van der Waals surface area contributed by atoms with Crippen molar-refractivity contribution in [3.05, 3.63) is 0 Å². The van der Waals surface area contributed by atoms with E-state index in [0.717, 1.165) is 0 Å². The van der Waals surface area contributed by atoms with E-state index < -0.39 is 16.6 Å². The Morgan fingerprint density at radius 2 is 1.13 bits per heavy atom. The van der Waals surface area contributed by atoms with E-state index in [1.165, 1.54) is 7.11 Å². The van der Waals surface area contributed by atoms with Gasteiger partial charge < -0.3 is 18.7 Å². The summed E-state index contributed by atoms with van der Waals surface area (Å²) in [4.78, 5) is 11.4. The molecule has 0 amide bonds. The molecule has 0 radical (unpaired) electrons. The Labute approximate surface area is 189 Å². The fourth-order valence-corrected chi connectivity index (χ4v) is 5.03. The molecule has 0 aromatic heterocycles. The minimum absolute atomic E-state index is 0.0895. The molecule has 0 heterocycles. The van der Waals surface area contributed by atoms with Gasteiger partial charge in [0, 0.05) is 18.6 Å². The van der Waals surface area contributed by atoms with Gasteiger partial charge in [0.1, 0.15) is 0 Å². The number of methoxy groups -OCH3 is 1. The monoisotopic (exact) mass is 464 g/mol. The van der Waals surface area contributed by atoms with Crippen LogP contribution in [0.1, 0.15) is 69.2 Å². The molecule has 5 nitrogen and oxygen atoms in total. The van der Waals surface area contributed by atoms with Gasteiger partial charge in [-0.25, -0.2) is 0 Å². The van der Waals surface area contributed by atoms with Crippen molar-refractivity contribution < 1.29 is 23.5 Å². The van der Waals surface area contributed by atoms with Crippen LogP contribution in [0.3, 0.4) is 0 Å². The summed E-state index contributed by atoms with van der Waals surface area (Å²) >= 11 is 0. The summed E-state index contributed by atoms with van der Waals surface area (Å²) < 4.78 is 17.0. The first kappa shape index (κ1) is 32.0. The molecule has 0 spiro atoms. The normalized spacial score (nSPS) is 17.3. The van der Waals surface area contributed by atoms with Crippen LogP contribution in [0, 0.1) is 11.8 Å². The Morgan fingerprint density at radius 3 is 1.40 bits per heavy atom. The van der Waals surface area contributed by atoms with Gasteiger partial charge in [-0.1, -0.05) is 48.5 Å². The van der Waals surface area contributed by atoms with Gasteiger partial charge in [-0.05, 0) is 57.0 Å². The standard InChI is InChI=1S/C12H26O3Si.C11H26O2Si/c1-9(11(13)14-6)10(2)15-16(7,8)12(3,4)5;1-9(8-12)10(2)13-14(6,7)11(3,4)5/h9-10H,1-8H3;9-10,12H,8H2,1-7H3/t9-,10-;9-,10+/m01/s1. The van der Waals surface area contributed by atoms with Crippen molar-refractivity contribution in [3.63, 3.8) is 0 Å². The van der Waals surface area contributed by atoms with E-state index in [1.54, 1.807) is 0 Å². The number of carbonyl (C=O) groups is 1. The van der Waals surface area contributed by atoms with Crippen LogP contribution in [0.15, 0.2) is 0 Å². The largest absolute Gasteiger partial charge is 0.469 e. The Morgan fingerprint density at radius 1 is 0.800 bits per heavy atom. The summed E-state index contributed by atoms with van der Waals surface area (Å²) in [5, 5.41) is 9.45. The quantitative estimate of drug-likeness (QED) is 0.340. The van der Waals surface area contributed by atoms with Crippen molar-refractivity contribution in [3.8, 4) is 0 Å². The van der Waals surface area contributed by atoms with Crippen molar-refractivity contribution in [2.75, 3.05) is 13.7 Å². The fraction of sp³-hybridized carbons (Fsp3) is 0.957. The van der Waals surface area contributed by atoms with Gasteiger partial charge in [0.05, 0.1) is 19.1 Å². The molecule has 0 saturated carbocycles. The van der Waals surface area contributed by atoms with Gasteiger partial charge in [-0.15, -0.1) is 0 Å². The molecule has 0 aromatic carbocycles. The topological polar surface area (TPSA) is 65.0 Å². The summed E-state index contributed by atoms with van der Waals surface area (Å²) in [6.45, 7) is 30.2. The van der Waals surface area contributed by atoms with Crippen LogP contribution in [0.4, 0.5) is 0 Å². The highest BCUT2D eigenvalue weighted by Crippen LogP contribution is 2.38. The molecule has 7 heteroatoms. The van der Waals surface area contributed by atoms with E-state index in [9.17, 15) is 4.79 Å². The molecule has 0 fully saturated rings. The Balaban J connectivity index is 0. The Kier molecular flexibility index (Phi) is 12.9. The second kappa shape index (κ2) is 12.1. The third-order valence-electron chi connectivity index (χ3n) is 6.94. The van der Waals surface area contributed by atoms with E-state index in [1.807, 2.05) is 20.8 Å². The average Bonchev–Trinajstić information content (AvgIpc) is 2.57. The van der Waals surface area contributed by atoms with Crippen LogP contribution in [0.2, 0.25) is 36.3 Å². The van der Waals surface area contributed by atoms with Crippen molar-refractivity contribution in [2.24, 2.45) is 11.8 Å². The highest BCUT2D eigenvalue weighted by atomic mass is 28.4. The van der Waals surface area contributed by atoms with E-state index >= 15 is 0 Å². The number of carbonyl (C=O) groups excluding carboxylic acids is 1. The predicted octanol–water partition coefficient (Wildman–Crippen LogP) is 6.23. The molecule has 1 N–H and O–H groups in total. The molecule has 0 aromatic rings. The van der Waals surface area contributed by atoms with Crippen molar-refractivity contribution >= 4 is 22.6 Å². The lowest BCUT2D eigenvalue weighted by atomic mass is 10.1. The van der Waals surface area contributed by atoms with Crippen LogP contribution in [-0.4, -0.2) is 53.6 Å². The lowest BCUT2D eigenvalue weighted by Crippen LogP contribution is -2.45. The minimum atomic E-state index is -1.80. The number of rotatable bonds is 8. The minimum Gasteiger partial charge on any atom is -0.469 e. The van der Waals surface area contributed by atoms with Gasteiger partial charge in [0.2, 0.25) is 0 Å². The van der Waals surface area contributed by atoms with E-state index in [4.69, 9.17) is 18.7 Å². The number of aliphatic hydroxyl groups excluding tert-OH is 1. The third kappa shape index (κ3) is 10.4. The highest BCUT2D eigenvalue weighted by molar-refractivity contribution is 6.74. The summed E-state index contributed by atoms with van der Waals surface area (Å²) in [5.74, 6) is -0.186. The molecule has 0 unspecified atom stereocenters. The molecule has 30 heavy (non-hydrogen) atoms. The molecule has 0 saturated heterocycles. The molecule has 4 atom stereocenters. The first-order chi connectivity index (χ1) is 13.1. The van der Waals surface area contributed by atoms with E-state index in [2.05, 4.69) is 74.7 Å². The Bertz CT molecular complexity index is 507. The zero-order chi connectivity index (χ0) is 24.7. The van der Waals surface area contributed by atoms with Crippen LogP contribution in [-0.2, 0) is 18.4 Å². The lowest BCUT2D eigenvalue weighted by molar-refractivity contribution is -0.147. The van der Waals surface area contributed by atoms with Crippen LogP contribution >= 0.6 is 0 Å². The molecule has 0 aliphatic carbocycles. The second-order valence-electron chi connectivity index (χ2n) is 11.6. The van der Waals surface area contributed by atoms with Gasteiger partial charge in [-0.2, -0.15) is 0 Å². The van der Waals surface area contributed by atoms with Crippen LogP contribution in [0.5, 0.6) is 0 Å². The Hall–Kier alpha value is -0.216. The third-order valence-corrected chi connectivity index (χ3v) is 16.1. The van der Waals surface area contributed by atoms with Gasteiger partial charge in [-0.3, -0.25) is 4.79 Å². The number of hydrogen-bond acceptors (Lipinski definition) is 5.